The summed E-state index contributed by atoms with van der Waals surface area (Å²) in [5.74, 6) is -0.181. The standard InChI is InChI=1S/C22H22Cl3N3O2/c23-22(24,25)15-30-21(29)20-16-11-12-27(20)14-17(13-16)26-28(18-7-3-1-4-8-18)19-9-5-2-6-10-19/h1-10,16,20H,11-15H2. The van der Waals surface area contributed by atoms with E-state index in [1.165, 1.54) is 0 Å². The molecule has 3 unspecified atom stereocenters. The van der Waals surface area contributed by atoms with E-state index in [0.29, 0.717) is 6.54 Å². The van der Waals surface area contributed by atoms with Gasteiger partial charge in [0, 0.05) is 6.54 Å². The summed E-state index contributed by atoms with van der Waals surface area (Å²) in [5, 5.41) is 6.94. The molecule has 158 valence electrons. The number of hydrogen-bond donors (Lipinski definition) is 0. The van der Waals surface area contributed by atoms with Crippen LogP contribution in [0.15, 0.2) is 65.8 Å². The number of halogens is 3. The lowest BCUT2D eigenvalue weighted by Crippen LogP contribution is -2.48. The Morgan fingerprint density at radius 3 is 2.20 bits per heavy atom. The van der Waals surface area contributed by atoms with Gasteiger partial charge in [-0.25, -0.2) is 5.01 Å². The summed E-state index contributed by atoms with van der Waals surface area (Å²) in [4.78, 5) is 14.7. The van der Waals surface area contributed by atoms with Crippen molar-refractivity contribution in [2.75, 3.05) is 24.7 Å². The molecule has 2 saturated heterocycles. The molecule has 8 heteroatoms. The van der Waals surface area contributed by atoms with Gasteiger partial charge in [0.2, 0.25) is 3.79 Å². The van der Waals surface area contributed by atoms with E-state index in [1.54, 1.807) is 0 Å². The van der Waals surface area contributed by atoms with Crippen molar-refractivity contribution < 1.29 is 9.53 Å². The van der Waals surface area contributed by atoms with E-state index < -0.39 is 3.79 Å². The van der Waals surface area contributed by atoms with Gasteiger partial charge >= 0.3 is 5.97 Å². The van der Waals surface area contributed by atoms with Crippen LogP contribution in [0.1, 0.15) is 12.8 Å². The third-order valence-electron chi connectivity index (χ3n) is 5.37. The summed E-state index contributed by atoms with van der Waals surface area (Å²) in [6, 6.07) is 19.8. The molecule has 3 atom stereocenters. The zero-order valence-corrected chi connectivity index (χ0v) is 18.5. The van der Waals surface area contributed by atoms with Crippen LogP contribution in [-0.2, 0) is 9.53 Å². The average Bonchev–Trinajstić information content (AvgIpc) is 3.01. The molecule has 0 aromatic heterocycles. The van der Waals surface area contributed by atoms with Crippen LogP contribution in [0.5, 0.6) is 0 Å². The van der Waals surface area contributed by atoms with Gasteiger partial charge in [-0.2, -0.15) is 5.10 Å². The molecule has 4 rings (SSSR count). The molecule has 0 N–H and O–H groups in total. The largest absolute Gasteiger partial charge is 0.460 e. The number of nitrogens with zero attached hydrogens (tertiary/aromatic N) is 3. The van der Waals surface area contributed by atoms with Gasteiger partial charge in [0.15, 0.2) is 0 Å². The van der Waals surface area contributed by atoms with Gasteiger partial charge in [-0.3, -0.25) is 9.69 Å². The minimum Gasteiger partial charge on any atom is -0.460 e. The Kier molecular flexibility index (Phi) is 6.54. The first-order chi connectivity index (χ1) is 14.4. The number of piperidine rings is 1. The molecule has 0 saturated carbocycles. The number of carbonyl (C=O) groups is 1. The summed E-state index contributed by atoms with van der Waals surface area (Å²) in [6.07, 6.45) is 1.66. The Morgan fingerprint density at radius 1 is 1.07 bits per heavy atom. The molecular formula is C22H22Cl3N3O2. The third kappa shape index (κ3) is 5.09. The topological polar surface area (TPSA) is 45.1 Å². The Bertz CT molecular complexity index is 847. The molecule has 2 heterocycles. The maximum atomic E-state index is 12.6. The molecule has 2 fully saturated rings. The van der Waals surface area contributed by atoms with Crippen molar-refractivity contribution in [1.29, 1.82) is 0 Å². The number of rotatable bonds is 5. The molecule has 2 aromatic carbocycles. The minimum atomic E-state index is -1.60. The lowest BCUT2D eigenvalue weighted by molar-refractivity contribution is -0.150. The predicted octanol–water partition coefficient (Wildman–Crippen LogP) is 5.19. The SMILES string of the molecule is O=C(OCC(Cl)(Cl)Cl)C1C2CCN1CC(=NN(c1ccccc1)c1ccccc1)C2. The van der Waals surface area contributed by atoms with E-state index in [0.717, 1.165) is 36.5 Å². The number of alkyl halides is 3. The van der Waals surface area contributed by atoms with Crippen molar-refractivity contribution in [1.82, 2.24) is 4.90 Å². The van der Waals surface area contributed by atoms with Gasteiger partial charge in [-0.05, 0) is 49.6 Å². The first-order valence-electron chi connectivity index (χ1n) is 9.85. The van der Waals surface area contributed by atoms with Crippen molar-refractivity contribution in [2.24, 2.45) is 11.0 Å². The van der Waals surface area contributed by atoms with Crippen LogP contribution in [0.2, 0.25) is 0 Å². The monoisotopic (exact) mass is 465 g/mol. The van der Waals surface area contributed by atoms with Crippen LogP contribution in [0.25, 0.3) is 0 Å². The van der Waals surface area contributed by atoms with Crippen LogP contribution in [-0.4, -0.2) is 46.1 Å². The van der Waals surface area contributed by atoms with Crippen molar-refractivity contribution in [3.05, 3.63) is 60.7 Å². The second-order valence-electron chi connectivity index (χ2n) is 7.54. The van der Waals surface area contributed by atoms with E-state index in [4.69, 9.17) is 44.6 Å². The van der Waals surface area contributed by atoms with Crippen LogP contribution in [0, 0.1) is 5.92 Å². The fourth-order valence-electron chi connectivity index (χ4n) is 4.12. The summed E-state index contributed by atoms with van der Waals surface area (Å²) < 4.78 is 3.66. The molecule has 2 aliphatic rings. The van der Waals surface area contributed by atoms with E-state index in [2.05, 4.69) is 4.90 Å². The third-order valence-corrected chi connectivity index (χ3v) is 5.70. The summed E-state index contributed by atoms with van der Waals surface area (Å²) in [7, 11) is 0. The highest BCUT2D eigenvalue weighted by molar-refractivity contribution is 6.67. The molecule has 30 heavy (non-hydrogen) atoms. The van der Waals surface area contributed by atoms with Crippen LogP contribution < -0.4 is 5.01 Å². The molecule has 2 aromatic rings. The highest BCUT2D eigenvalue weighted by Gasteiger charge is 2.45. The fraction of sp³-hybridized carbons (Fsp3) is 0.364. The van der Waals surface area contributed by atoms with Gasteiger partial charge in [0.25, 0.3) is 0 Å². The maximum Gasteiger partial charge on any atom is 0.323 e. The zero-order chi connectivity index (χ0) is 21.1. The summed E-state index contributed by atoms with van der Waals surface area (Å²) in [6.45, 7) is 1.19. The number of para-hydroxylation sites is 2. The molecule has 0 amide bonds. The molecular weight excluding hydrogens is 445 g/mol. The quantitative estimate of drug-likeness (QED) is 0.346. The van der Waals surface area contributed by atoms with E-state index in [9.17, 15) is 4.79 Å². The lowest BCUT2D eigenvalue weighted by Gasteiger charge is -2.33. The second kappa shape index (κ2) is 9.15. The van der Waals surface area contributed by atoms with E-state index >= 15 is 0 Å². The fourth-order valence-corrected chi connectivity index (χ4v) is 4.28. The number of hydrogen-bond acceptors (Lipinski definition) is 5. The van der Waals surface area contributed by atoms with Crippen LogP contribution in [0.4, 0.5) is 11.4 Å². The molecule has 0 radical (unpaired) electrons. The Labute approximate surface area is 191 Å². The van der Waals surface area contributed by atoms with E-state index in [-0.39, 0.29) is 24.5 Å². The van der Waals surface area contributed by atoms with Crippen molar-refractivity contribution in [3.8, 4) is 0 Å². The smallest absolute Gasteiger partial charge is 0.323 e. The number of hydrazone groups is 1. The van der Waals surface area contributed by atoms with Gasteiger partial charge < -0.3 is 4.74 Å². The number of benzene rings is 2. The molecule has 5 nitrogen and oxygen atoms in total. The molecule has 2 aliphatic heterocycles. The van der Waals surface area contributed by atoms with Crippen LogP contribution >= 0.6 is 34.8 Å². The average molecular weight is 467 g/mol. The first kappa shape index (κ1) is 21.4. The van der Waals surface area contributed by atoms with Gasteiger partial charge in [0.05, 0.1) is 17.1 Å². The first-order valence-corrected chi connectivity index (χ1v) is 11.0. The Hall–Kier alpha value is -1.79. The Morgan fingerprint density at radius 2 is 1.67 bits per heavy atom. The number of fused-ring (bicyclic) bond motifs is 2. The van der Waals surface area contributed by atoms with Gasteiger partial charge in [-0.15, -0.1) is 0 Å². The Balaban J connectivity index is 1.53. The number of carbonyl (C=O) groups excluding carboxylic acids is 1. The highest BCUT2D eigenvalue weighted by atomic mass is 35.6. The highest BCUT2D eigenvalue weighted by Crippen LogP contribution is 2.35. The number of esters is 1. The number of anilines is 2. The van der Waals surface area contributed by atoms with E-state index in [1.807, 2.05) is 65.7 Å². The summed E-state index contributed by atoms with van der Waals surface area (Å²) >= 11 is 17.2. The summed E-state index contributed by atoms with van der Waals surface area (Å²) in [5.41, 5.74) is 3.01. The number of ether oxygens (including phenoxy) is 1. The maximum absolute atomic E-state index is 12.6. The predicted molar refractivity (Wildman–Crippen MR) is 122 cm³/mol. The lowest BCUT2D eigenvalue weighted by atomic mass is 9.91. The molecule has 0 spiro atoms. The zero-order valence-electron chi connectivity index (χ0n) is 16.3. The minimum absolute atomic E-state index is 0.147. The molecule has 0 aliphatic carbocycles. The second-order valence-corrected chi connectivity index (χ2v) is 10.1. The van der Waals surface area contributed by atoms with Crippen molar-refractivity contribution >= 4 is 57.9 Å². The van der Waals surface area contributed by atoms with Crippen molar-refractivity contribution in [3.63, 3.8) is 0 Å². The van der Waals surface area contributed by atoms with Gasteiger partial charge in [0.1, 0.15) is 12.6 Å². The normalized spacial score (nSPS) is 24.6. The van der Waals surface area contributed by atoms with Crippen LogP contribution in [0.3, 0.4) is 0 Å². The molecule has 2 bridgehead atoms. The van der Waals surface area contributed by atoms with Gasteiger partial charge in [-0.1, -0.05) is 71.2 Å². The van der Waals surface area contributed by atoms with Crippen molar-refractivity contribution in [2.45, 2.75) is 22.7 Å².